The predicted molar refractivity (Wildman–Crippen MR) is 76.5 cm³/mol. The van der Waals surface area contributed by atoms with Crippen LogP contribution in [-0.2, 0) is 16.6 Å². The van der Waals surface area contributed by atoms with Gasteiger partial charge in [-0.25, -0.2) is 17.2 Å². The first kappa shape index (κ1) is 14.5. The summed E-state index contributed by atoms with van der Waals surface area (Å²) < 4.78 is 25.2. The van der Waals surface area contributed by atoms with Gasteiger partial charge in [0, 0.05) is 17.6 Å². The number of carbonyl (C=O) groups is 1. The number of carboxylic acids is 1. The van der Waals surface area contributed by atoms with E-state index in [-0.39, 0.29) is 5.56 Å². The second kappa shape index (κ2) is 4.92. The van der Waals surface area contributed by atoms with E-state index in [9.17, 15) is 13.2 Å². The van der Waals surface area contributed by atoms with Crippen molar-refractivity contribution in [1.82, 2.24) is 8.87 Å². The lowest BCUT2D eigenvalue weighted by molar-refractivity contribution is 0.0697. The van der Waals surface area contributed by atoms with Crippen LogP contribution in [0, 0.1) is 0 Å². The zero-order valence-corrected chi connectivity index (χ0v) is 12.3. The lowest BCUT2D eigenvalue weighted by Crippen LogP contribution is -2.18. The first-order chi connectivity index (χ1) is 9.20. The van der Waals surface area contributed by atoms with E-state index in [1.807, 2.05) is 19.0 Å². The van der Waals surface area contributed by atoms with Crippen LogP contribution in [0.2, 0.25) is 0 Å². The molecule has 108 valence electrons. The molecule has 0 atom stereocenters. The van der Waals surface area contributed by atoms with E-state index >= 15 is 0 Å². The Morgan fingerprint density at radius 1 is 1.30 bits per heavy atom. The molecule has 0 unspecified atom stereocenters. The smallest absolute Gasteiger partial charge is 0.335 e. The number of hydrogen-bond donors (Lipinski definition) is 1. The van der Waals surface area contributed by atoms with Crippen molar-refractivity contribution >= 4 is 26.9 Å². The average Bonchev–Trinajstić information content (AvgIpc) is 2.63. The van der Waals surface area contributed by atoms with Crippen LogP contribution in [0.4, 0.5) is 0 Å². The molecule has 1 aromatic heterocycles. The Balaban J connectivity index is 2.79. The Hall–Kier alpha value is -1.86. The van der Waals surface area contributed by atoms with Gasteiger partial charge in [-0.05, 0) is 32.3 Å². The van der Waals surface area contributed by atoms with Crippen LogP contribution in [-0.4, -0.2) is 48.7 Å². The number of carboxylic acid groups (broad SMARTS) is 1. The van der Waals surface area contributed by atoms with Crippen LogP contribution in [0.1, 0.15) is 16.1 Å². The van der Waals surface area contributed by atoms with Gasteiger partial charge in [0.2, 0.25) is 10.0 Å². The fraction of sp³-hybridized carbons (Fsp3) is 0.308. The Kier molecular flexibility index (Phi) is 3.58. The highest BCUT2D eigenvalue weighted by Crippen LogP contribution is 2.24. The molecule has 0 fully saturated rings. The highest BCUT2D eigenvalue weighted by atomic mass is 32.2. The van der Waals surface area contributed by atoms with Crippen LogP contribution in [0.3, 0.4) is 0 Å². The molecule has 0 spiro atoms. The zero-order chi connectivity index (χ0) is 15.1. The zero-order valence-electron chi connectivity index (χ0n) is 11.5. The number of aromatic carboxylic acids is 1. The minimum Gasteiger partial charge on any atom is -0.478 e. The molecule has 0 aliphatic heterocycles. The first-order valence-electron chi connectivity index (χ1n) is 5.93. The van der Waals surface area contributed by atoms with E-state index in [0.717, 1.165) is 6.26 Å². The maximum Gasteiger partial charge on any atom is 0.335 e. The number of nitrogens with zero attached hydrogens (tertiary/aromatic N) is 2. The summed E-state index contributed by atoms with van der Waals surface area (Å²) in [6.07, 6.45) is 1.11. The minimum absolute atomic E-state index is 0.0666. The summed E-state index contributed by atoms with van der Waals surface area (Å²) >= 11 is 0. The van der Waals surface area contributed by atoms with E-state index in [0.29, 0.717) is 23.1 Å². The molecule has 1 heterocycles. The molecular formula is C13H16N2O4S. The third-order valence-corrected chi connectivity index (χ3v) is 3.98. The van der Waals surface area contributed by atoms with Gasteiger partial charge in [0.25, 0.3) is 0 Å². The number of hydrogen-bond acceptors (Lipinski definition) is 4. The molecular weight excluding hydrogens is 280 g/mol. The molecule has 7 heteroatoms. The van der Waals surface area contributed by atoms with Crippen molar-refractivity contribution in [2.75, 3.05) is 20.4 Å². The molecule has 6 nitrogen and oxygen atoms in total. The number of aromatic nitrogens is 1. The van der Waals surface area contributed by atoms with Crippen LogP contribution in [0.5, 0.6) is 0 Å². The Bertz CT molecular complexity index is 775. The molecule has 2 aromatic rings. The monoisotopic (exact) mass is 296 g/mol. The normalized spacial score (nSPS) is 12.2. The van der Waals surface area contributed by atoms with Gasteiger partial charge in [0.15, 0.2) is 0 Å². The highest BCUT2D eigenvalue weighted by molar-refractivity contribution is 7.89. The molecule has 0 aliphatic rings. The maximum atomic E-state index is 12.0. The summed E-state index contributed by atoms with van der Waals surface area (Å²) in [4.78, 5) is 12.9. The number of benzene rings is 1. The lowest BCUT2D eigenvalue weighted by atomic mass is 10.1. The van der Waals surface area contributed by atoms with E-state index in [4.69, 9.17) is 5.11 Å². The predicted octanol–water partition coefficient (Wildman–Crippen LogP) is 1.21. The largest absolute Gasteiger partial charge is 0.478 e. The second-order valence-electron chi connectivity index (χ2n) is 4.98. The van der Waals surface area contributed by atoms with Crippen LogP contribution >= 0.6 is 0 Å². The van der Waals surface area contributed by atoms with Crippen LogP contribution < -0.4 is 0 Å². The molecule has 1 aromatic carbocycles. The first-order valence-corrected chi connectivity index (χ1v) is 7.78. The fourth-order valence-corrected chi connectivity index (χ4v) is 3.24. The summed E-state index contributed by atoms with van der Waals surface area (Å²) in [6.45, 7) is 0.449. The Labute approximate surface area is 117 Å². The third-order valence-electron chi connectivity index (χ3n) is 2.89. The van der Waals surface area contributed by atoms with Crippen LogP contribution in [0.15, 0.2) is 24.3 Å². The van der Waals surface area contributed by atoms with E-state index in [2.05, 4.69) is 0 Å². The van der Waals surface area contributed by atoms with Gasteiger partial charge >= 0.3 is 5.97 Å². The van der Waals surface area contributed by atoms with Crippen molar-refractivity contribution < 1.29 is 18.3 Å². The van der Waals surface area contributed by atoms with Gasteiger partial charge in [-0.3, -0.25) is 0 Å². The van der Waals surface area contributed by atoms with Crippen molar-refractivity contribution in [3.8, 4) is 0 Å². The van der Waals surface area contributed by atoms with E-state index in [1.54, 1.807) is 12.1 Å². The minimum atomic E-state index is -3.51. The van der Waals surface area contributed by atoms with Gasteiger partial charge < -0.3 is 10.0 Å². The molecule has 0 saturated carbocycles. The molecule has 20 heavy (non-hydrogen) atoms. The standard InChI is InChI=1S/C13H16N2O4S/c1-14(2)8-11-6-9-4-5-10(13(16)17)7-12(9)15(11)20(3,18)19/h4-7H,8H2,1-3H3,(H,16,17). The Morgan fingerprint density at radius 3 is 2.45 bits per heavy atom. The summed E-state index contributed by atoms with van der Waals surface area (Å²) in [6, 6.07) is 6.25. The second-order valence-corrected chi connectivity index (χ2v) is 6.81. The molecule has 2 rings (SSSR count). The number of fused-ring (bicyclic) bond motifs is 1. The topological polar surface area (TPSA) is 79.6 Å². The maximum absolute atomic E-state index is 12.0. The molecule has 0 saturated heterocycles. The molecule has 0 aliphatic carbocycles. The fourth-order valence-electron chi connectivity index (χ4n) is 2.19. The van der Waals surface area contributed by atoms with Crippen LogP contribution in [0.25, 0.3) is 10.9 Å². The molecule has 0 amide bonds. The van der Waals surface area contributed by atoms with Crippen molar-refractivity contribution in [2.45, 2.75) is 6.54 Å². The highest BCUT2D eigenvalue weighted by Gasteiger charge is 2.18. The van der Waals surface area contributed by atoms with Gasteiger partial charge in [-0.2, -0.15) is 0 Å². The number of rotatable bonds is 4. The van der Waals surface area contributed by atoms with Gasteiger partial charge in [0.05, 0.1) is 17.3 Å². The van der Waals surface area contributed by atoms with Gasteiger partial charge in [-0.1, -0.05) is 6.07 Å². The van der Waals surface area contributed by atoms with Crippen molar-refractivity contribution in [2.24, 2.45) is 0 Å². The van der Waals surface area contributed by atoms with E-state index in [1.165, 1.54) is 16.1 Å². The Morgan fingerprint density at radius 2 is 1.95 bits per heavy atom. The van der Waals surface area contributed by atoms with Crippen molar-refractivity contribution in [3.05, 3.63) is 35.5 Å². The summed E-state index contributed by atoms with van der Waals surface area (Å²) in [5, 5.41) is 9.73. The quantitative estimate of drug-likeness (QED) is 0.917. The van der Waals surface area contributed by atoms with Crippen molar-refractivity contribution in [3.63, 3.8) is 0 Å². The summed E-state index contributed by atoms with van der Waals surface area (Å²) in [5.41, 5.74) is 1.07. The molecule has 0 radical (unpaired) electrons. The van der Waals surface area contributed by atoms with Crippen molar-refractivity contribution in [1.29, 1.82) is 0 Å². The van der Waals surface area contributed by atoms with E-state index < -0.39 is 16.0 Å². The third kappa shape index (κ3) is 2.68. The van der Waals surface area contributed by atoms with Gasteiger partial charge in [0.1, 0.15) is 0 Å². The average molecular weight is 296 g/mol. The van der Waals surface area contributed by atoms with Gasteiger partial charge in [-0.15, -0.1) is 0 Å². The lowest BCUT2D eigenvalue weighted by Gasteiger charge is -2.12. The SMILES string of the molecule is CN(C)Cc1cc2ccc(C(=O)O)cc2n1S(C)(=O)=O. The summed E-state index contributed by atoms with van der Waals surface area (Å²) in [7, 11) is 0.173. The molecule has 1 N–H and O–H groups in total. The molecule has 0 bridgehead atoms. The summed E-state index contributed by atoms with van der Waals surface area (Å²) in [5.74, 6) is -1.08.